The van der Waals surface area contributed by atoms with E-state index < -0.39 is 11.1 Å². The average Bonchev–Trinajstić information content (AvgIpc) is 2.10. The van der Waals surface area contributed by atoms with Gasteiger partial charge in [0, 0.05) is 0 Å². The van der Waals surface area contributed by atoms with Crippen molar-refractivity contribution in [2.24, 2.45) is 5.92 Å². The van der Waals surface area contributed by atoms with E-state index in [1.54, 1.807) is 6.92 Å². The summed E-state index contributed by atoms with van der Waals surface area (Å²) in [6.45, 7) is 3.94. The first kappa shape index (κ1) is 12.6. The molecule has 0 bridgehead atoms. The van der Waals surface area contributed by atoms with Crippen molar-refractivity contribution in [2.75, 3.05) is 12.4 Å². The number of carbonyl (C=O) groups excluding carboxylic acids is 1. The molecule has 0 aliphatic heterocycles. The molecular formula is C8H16O4S. The second-order valence-electron chi connectivity index (χ2n) is 2.86. The van der Waals surface area contributed by atoms with Crippen molar-refractivity contribution in [3.05, 3.63) is 0 Å². The van der Waals surface area contributed by atoms with Crippen molar-refractivity contribution in [3.63, 3.8) is 0 Å². The van der Waals surface area contributed by atoms with Crippen molar-refractivity contribution in [1.29, 1.82) is 0 Å². The lowest BCUT2D eigenvalue weighted by Gasteiger charge is -2.08. The SMILES string of the molecule is CCC(C)C(=O)OCCCS(=O)O. The molecule has 0 fully saturated rings. The van der Waals surface area contributed by atoms with E-state index in [0.29, 0.717) is 6.42 Å². The molecule has 5 heteroatoms. The Morgan fingerprint density at radius 2 is 2.23 bits per heavy atom. The maximum absolute atomic E-state index is 11.1. The van der Waals surface area contributed by atoms with E-state index in [1.807, 2.05) is 6.92 Å². The van der Waals surface area contributed by atoms with Gasteiger partial charge in [0.05, 0.1) is 18.3 Å². The van der Waals surface area contributed by atoms with Gasteiger partial charge in [-0.2, -0.15) is 0 Å². The average molecular weight is 208 g/mol. The third-order valence-electron chi connectivity index (χ3n) is 1.72. The van der Waals surface area contributed by atoms with Gasteiger partial charge in [0.1, 0.15) is 0 Å². The fourth-order valence-electron chi connectivity index (χ4n) is 0.664. The fraction of sp³-hybridized carbons (Fsp3) is 0.875. The Morgan fingerprint density at radius 1 is 1.62 bits per heavy atom. The van der Waals surface area contributed by atoms with Crippen molar-refractivity contribution < 1.29 is 18.3 Å². The first-order valence-corrected chi connectivity index (χ1v) is 5.59. The molecule has 0 rings (SSSR count). The summed E-state index contributed by atoms with van der Waals surface area (Å²) in [6, 6.07) is 0. The lowest BCUT2D eigenvalue weighted by atomic mass is 10.1. The summed E-state index contributed by atoms with van der Waals surface area (Å²) >= 11 is -1.78. The minimum atomic E-state index is -1.78. The Balaban J connectivity index is 3.42. The Kier molecular flexibility index (Phi) is 6.80. The molecule has 0 aromatic carbocycles. The third-order valence-corrected chi connectivity index (χ3v) is 2.36. The first-order valence-electron chi connectivity index (χ1n) is 4.32. The molecule has 0 aromatic rings. The van der Waals surface area contributed by atoms with E-state index in [2.05, 4.69) is 0 Å². The van der Waals surface area contributed by atoms with Crippen LogP contribution in [0, 0.1) is 5.92 Å². The second-order valence-corrected chi connectivity index (χ2v) is 3.91. The molecular weight excluding hydrogens is 192 g/mol. The van der Waals surface area contributed by atoms with Crippen LogP contribution < -0.4 is 0 Å². The number of carbonyl (C=O) groups is 1. The Labute approximate surface area is 80.9 Å². The molecule has 0 aliphatic rings. The first-order chi connectivity index (χ1) is 6.07. The van der Waals surface area contributed by atoms with E-state index >= 15 is 0 Å². The Bertz CT molecular complexity index is 181. The summed E-state index contributed by atoms with van der Waals surface area (Å²) < 4.78 is 23.5. The van der Waals surface area contributed by atoms with Crippen LogP contribution in [0.4, 0.5) is 0 Å². The second kappa shape index (κ2) is 7.03. The van der Waals surface area contributed by atoms with Crippen LogP contribution in [0.2, 0.25) is 0 Å². The minimum absolute atomic E-state index is 0.0837. The zero-order chi connectivity index (χ0) is 10.3. The molecule has 13 heavy (non-hydrogen) atoms. The third kappa shape index (κ3) is 6.72. The lowest BCUT2D eigenvalue weighted by molar-refractivity contribution is -0.148. The van der Waals surface area contributed by atoms with Gasteiger partial charge in [-0.3, -0.25) is 4.79 Å². The van der Waals surface area contributed by atoms with Gasteiger partial charge in [-0.15, -0.1) is 0 Å². The van der Waals surface area contributed by atoms with Crippen molar-refractivity contribution in [2.45, 2.75) is 26.7 Å². The summed E-state index contributed by atoms with van der Waals surface area (Å²) in [6.07, 6.45) is 1.19. The normalized spacial score (nSPS) is 15.0. The molecule has 0 aromatic heterocycles. The van der Waals surface area contributed by atoms with Gasteiger partial charge in [-0.1, -0.05) is 13.8 Å². The van der Waals surface area contributed by atoms with E-state index in [1.165, 1.54) is 0 Å². The van der Waals surface area contributed by atoms with Crippen LogP contribution in [0.1, 0.15) is 26.7 Å². The van der Waals surface area contributed by atoms with Crippen LogP contribution in [-0.2, 0) is 20.6 Å². The predicted molar refractivity (Wildman–Crippen MR) is 50.7 cm³/mol. The zero-order valence-corrected chi connectivity index (χ0v) is 8.80. The highest BCUT2D eigenvalue weighted by molar-refractivity contribution is 7.79. The quantitative estimate of drug-likeness (QED) is 0.404. The molecule has 0 aliphatic carbocycles. The van der Waals surface area contributed by atoms with Gasteiger partial charge in [-0.05, 0) is 12.8 Å². The highest BCUT2D eigenvalue weighted by Crippen LogP contribution is 2.03. The molecule has 0 spiro atoms. The lowest BCUT2D eigenvalue weighted by Crippen LogP contribution is -2.15. The molecule has 0 saturated heterocycles. The van der Waals surface area contributed by atoms with E-state index in [-0.39, 0.29) is 24.2 Å². The largest absolute Gasteiger partial charge is 0.465 e. The van der Waals surface area contributed by atoms with E-state index in [9.17, 15) is 9.00 Å². The minimum Gasteiger partial charge on any atom is -0.465 e. The molecule has 4 nitrogen and oxygen atoms in total. The molecule has 0 amide bonds. The topological polar surface area (TPSA) is 63.6 Å². The molecule has 0 heterocycles. The van der Waals surface area contributed by atoms with Gasteiger partial charge >= 0.3 is 5.97 Å². The molecule has 78 valence electrons. The zero-order valence-electron chi connectivity index (χ0n) is 7.99. The smallest absolute Gasteiger partial charge is 0.308 e. The highest BCUT2D eigenvalue weighted by Gasteiger charge is 2.11. The van der Waals surface area contributed by atoms with Crippen LogP contribution in [0.3, 0.4) is 0 Å². The molecule has 0 radical (unpaired) electrons. The van der Waals surface area contributed by atoms with Crippen LogP contribution in [0.25, 0.3) is 0 Å². The molecule has 0 saturated carbocycles. The van der Waals surface area contributed by atoms with Gasteiger partial charge < -0.3 is 9.29 Å². The predicted octanol–water partition coefficient (Wildman–Crippen LogP) is 1.19. The molecule has 1 N–H and O–H groups in total. The maximum Gasteiger partial charge on any atom is 0.308 e. The number of esters is 1. The van der Waals surface area contributed by atoms with E-state index in [0.717, 1.165) is 6.42 Å². The fourth-order valence-corrected chi connectivity index (χ4v) is 1.03. The number of hydrogen-bond donors (Lipinski definition) is 1. The van der Waals surface area contributed by atoms with Crippen molar-refractivity contribution in [3.8, 4) is 0 Å². The summed E-state index contributed by atoms with van der Waals surface area (Å²) in [5.41, 5.74) is 0. The summed E-state index contributed by atoms with van der Waals surface area (Å²) in [7, 11) is 0. The number of rotatable bonds is 6. The van der Waals surface area contributed by atoms with E-state index in [4.69, 9.17) is 9.29 Å². The van der Waals surface area contributed by atoms with Gasteiger partial charge in [0.15, 0.2) is 11.1 Å². The standard InChI is InChI=1S/C8H16O4S/c1-3-7(2)8(9)12-5-4-6-13(10)11/h7H,3-6H2,1-2H3,(H,10,11). The number of hydrogen-bond acceptors (Lipinski definition) is 3. The van der Waals surface area contributed by atoms with Gasteiger partial charge in [0.2, 0.25) is 0 Å². The Morgan fingerprint density at radius 3 is 2.69 bits per heavy atom. The summed E-state index contributed by atoms with van der Waals surface area (Å²) in [5.74, 6) is -0.154. The monoisotopic (exact) mass is 208 g/mol. The van der Waals surface area contributed by atoms with Crippen LogP contribution >= 0.6 is 0 Å². The Hall–Kier alpha value is -0.420. The number of ether oxygens (including phenoxy) is 1. The van der Waals surface area contributed by atoms with Crippen molar-refractivity contribution >= 4 is 17.0 Å². The van der Waals surface area contributed by atoms with Gasteiger partial charge in [0.25, 0.3) is 0 Å². The van der Waals surface area contributed by atoms with Crippen LogP contribution in [0.5, 0.6) is 0 Å². The van der Waals surface area contributed by atoms with Crippen molar-refractivity contribution in [1.82, 2.24) is 0 Å². The summed E-state index contributed by atoms with van der Waals surface area (Å²) in [5, 5.41) is 0. The van der Waals surface area contributed by atoms with Crippen LogP contribution in [-0.4, -0.2) is 27.1 Å². The van der Waals surface area contributed by atoms with Crippen LogP contribution in [0.15, 0.2) is 0 Å². The molecule has 2 unspecified atom stereocenters. The summed E-state index contributed by atoms with van der Waals surface area (Å²) in [4.78, 5) is 11.1. The van der Waals surface area contributed by atoms with Gasteiger partial charge in [-0.25, -0.2) is 4.21 Å². The molecule has 2 atom stereocenters. The maximum atomic E-state index is 11.1. The highest BCUT2D eigenvalue weighted by atomic mass is 32.2.